The number of ether oxygens (including phenoxy) is 1. The van der Waals surface area contributed by atoms with Crippen molar-refractivity contribution in [1.82, 2.24) is 10.2 Å². The number of carbonyl (C=O) groups is 2. The monoisotopic (exact) mass is 384 g/mol. The highest BCUT2D eigenvalue weighted by atomic mass is 16.5. The van der Waals surface area contributed by atoms with Crippen LogP contribution in [0, 0.1) is 5.92 Å². The predicted molar refractivity (Wildman–Crippen MR) is 108 cm³/mol. The SMILES string of the molecule is COC(=O)[C@@H]1CCCN1C(O)[C@@H](NC(=O)c1cccc2ccccc12)C(C)C. The summed E-state index contributed by atoms with van der Waals surface area (Å²) < 4.78 is 4.87. The maximum atomic E-state index is 13.0. The summed E-state index contributed by atoms with van der Waals surface area (Å²) in [5.74, 6) is -0.601. The number of nitrogens with one attached hydrogen (secondary N) is 1. The van der Waals surface area contributed by atoms with Gasteiger partial charge >= 0.3 is 5.97 Å². The third kappa shape index (κ3) is 4.03. The van der Waals surface area contributed by atoms with Crippen LogP contribution in [0.15, 0.2) is 42.5 Å². The van der Waals surface area contributed by atoms with Gasteiger partial charge in [0.05, 0.1) is 13.2 Å². The van der Waals surface area contributed by atoms with E-state index in [0.29, 0.717) is 18.5 Å². The number of esters is 1. The molecule has 2 aromatic carbocycles. The third-order valence-electron chi connectivity index (χ3n) is 5.48. The molecule has 150 valence electrons. The highest BCUT2D eigenvalue weighted by Gasteiger charge is 2.40. The molecule has 1 heterocycles. The third-order valence-corrected chi connectivity index (χ3v) is 5.48. The number of amides is 1. The van der Waals surface area contributed by atoms with Gasteiger partial charge in [0.25, 0.3) is 5.91 Å². The van der Waals surface area contributed by atoms with Crippen LogP contribution < -0.4 is 5.32 Å². The number of hydrogen-bond donors (Lipinski definition) is 2. The van der Waals surface area contributed by atoms with Crippen molar-refractivity contribution in [3.05, 3.63) is 48.0 Å². The first kappa shape index (κ1) is 20.3. The van der Waals surface area contributed by atoms with Crippen LogP contribution >= 0.6 is 0 Å². The fourth-order valence-electron chi connectivity index (χ4n) is 3.94. The van der Waals surface area contributed by atoms with Crippen LogP contribution in [0.4, 0.5) is 0 Å². The molecule has 0 aromatic heterocycles. The highest BCUT2D eigenvalue weighted by molar-refractivity contribution is 6.07. The predicted octanol–water partition coefficient (Wildman–Crippen LogP) is 2.55. The van der Waals surface area contributed by atoms with Crippen molar-refractivity contribution < 1.29 is 19.4 Å². The van der Waals surface area contributed by atoms with Gasteiger partial charge in [-0.25, -0.2) is 0 Å². The number of fused-ring (bicyclic) bond motifs is 1. The molecule has 2 aromatic rings. The van der Waals surface area contributed by atoms with E-state index in [-0.39, 0.29) is 17.8 Å². The lowest BCUT2D eigenvalue weighted by Gasteiger charge is -2.35. The molecule has 0 bridgehead atoms. The summed E-state index contributed by atoms with van der Waals surface area (Å²) in [6.45, 7) is 4.48. The maximum Gasteiger partial charge on any atom is 0.323 e. The van der Waals surface area contributed by atoms with Crippen molar-refractivity contribution in [2.24, 2.45) is 5.92 Å². The molecule has 1 saturated heterocycles. The van der Waals surface area contributed by atoms with Gasteiger partial charge in [-0.2, -0.15) is 0 Å². The Hall–Kier alpha value is -2.44. The van der Waals surface area contributed by atoms with E-state index in [0.717, 1.165) is 17.2 Å². The van der Waals surface area contributed by atoms with E-state index in [4.69, 9.17) is 4.74 Å². The average molecular weight is 384 g/mol. The van der Waals surface area contributed by atoms with Crippen LogP contribution in [0.1, 0.15) is 37.0 Å². The number of methoxy groups -OCH3 is 1. The summed E-state index contributed by atoms with van der Waals surface area (Å²) in [6, 6.07) is 12.3. The molecule has 6 heteroatoms. The summed E-state index contributed by atoms with van der Waals surface area (Å²) in [5.41, 5.74) is 0.571. The molecule has 1 amide bonds. The van der Waals surface area contributed by atoms with Crippen LogP contribution in [-0.2, 0) is 9.53 Å². The molecule has 3 atom stereocenters. The molecule has 0 spiro atoms. The largest absolute Gasteiger partial charge is 0.468 e. The number of aliphatic hydroxyl groups is 1. The Bertz CT molecular complexity index is 846. The zero-order valence-electron chi connectivity index (χ0n) is 16.6. The molecule has 1 fully saturated rings. The van der Waals surface area contributed by atoms with Gasteiger partial charge in [-0.05, 0) is 35.6 Å². The number of carbonyl (C=O) groups excluding carboxylic acids is 2. The van der Waals surface area contributed by atoms with Gasteiger partial charge < -0.3 is 15.2 Å². The molecule has 1 aliphatic rings. The molecule has 6 nitrogen and oxygen atoms in total. The number of rotatable bonds is 6. The lowest BCUT2D eigenvalue weighted by atomic mass is 9.99. The maximum absolute atomic E-state index is 13.0. The average Bonchev–Trinajstić information content (AvgIpc) is 3.20. The first-order valence-electron chi connectivity index (χ1n) is 9.74. The van der Waals surface area contributed by atoms with E-state index in [1.165, 1.54) is 7.11 Å². The van der Waals surface area contributed by atoms with Crippen molar-refractivity contribution in [2.75, 3.05) is 13.7 Å². The van der Waals surface area contributed by atoms with Gasteiger partial charge in [0, 0.05) is 12.1 Å². The minimum Gasteiger partial charge on any atom is -0.468 e. The molecule has 0 aliphatic carbocycles. The van der Waals surface area contributed by atoms with E-state index in [1.807, 2.05) is 50.2 Å². The topological polar surface area (TPSA) is 78.9 Å². The Morgan fingerprint density at radius 1 is 1.18 bits per heavy atom. The lowest BCUT2D eigenvalue weighted by molar-refractivity contribution is -0.151. The number of benzene rings is 2. The van der Waals surface area contributed by atoms with Crippen LogP contribution in [0.2, 0.25) is 0 Å². The van der Waals surface area contributed by atoms with Crippen molar-refractivity contribution in [3.8, 4) is 0 Å². The van der Waals surface area contributed by atoms with Gasteiger partial charge in [0.1, 0.15) is 12.3 Å². The second-order valence-corrected chi connectivity index (χ2v) is 7.60. The van der Waals surface area contributed by atoms with Crippen LogP contribution in [0.5, 0.6) is 0 Å². The number of nitrogens with zero attached hydrogens (tertiary/aromatic N) is 1. The van der Waals surface area contributed by atoms with E-state index >= 15 is 0 Å². The number of likely N-dealkylation sites (tertiary alicyclic amines) is 1. The van der Waals surface area contributed by atoms with Gasteiger partial charge in [-0.15, -0.1) is 0 Å². The molecule has 0 saturated carbocycles. The molecular weight excluding hydrogens is 356 g/mol. The van der Waals surface area contributed by atoms with Crippen LogP contribution in [0.25, 0.3) is 10.8 Å². The van der Waals surface area contributed by atoms with E-state index < -0.39 is 18.3 Å². The quantitative estimate of drug-likeness (QED) is 0.749. The Morgan fingerprint density at radius 2 is 1.89 bits per heavy atom. The number of hydrogen-bond acceptors (Lipinski definition) is 5. The fourth-order valence-corrected chi connectivity index (χ4v) is 3.94. The lowest BCUT2D eigenvalue weighted by Crippen LogP contribution is -2.56. The molecule has 1 aliphatic heterocycles. The standard InChI is InChI=1S/C22H28N2O4/c1-14(2)19(21(26)24-13-7-12-18(24)22(27)28-3)23-20(25)17-11-6-9-15-8-4-5-10-16(15)17/h4-6,8-11,14,18-19,21,26H,7,12-13H2,1-3H3,(H,23,25)/t18-,19-,21?/m0/s1. The summed E-state index contributed by atoms with van der Waals surface area (Å²) in [7, 11) is 1.35. The van der Waals surface area contributed by atoms with Crippen molar-refractivity contribution in [1.29, 1.82) is 0 Å². The Morgan fingerprint density at radius 3 is 2.61 bits per heavy atom. The summed E-state index contributed by atoms with van der Waals surface area (Å²) in [4.78, 5) is 26.8. The van der Waals surface area contributed by atoms with Gasteiger partial charge in [0.2, 0.25) is 0 Å². The molecular formula is C22H28N2O4. The zero-order chi connectivity index (χ0) is 20.3. The molecule has 3 rings (SSSR count). The molecule has 0 radical (unpaired) electrons. The second kappa shape index (κ2) is 8.71. The van der Waals surface area contributed by atoms with Crippen molar-refractivity contribution >= 4 is 22.6 Å². The Kier molecular flexibility index (Phi) is 6.31. The molecule has 28 heavy (non-hydrogen) atoms. The van der Waals surface area contributed by atoms with Gasteiger partial charge in [-0.1, -0.05) is 50.2 Å². The Labute approximate surface area is 165 Å². The van der Waals surface area contributed by atoms with Crippen LogP contribution in [-0.4, -0.2) is 53.8 Å². The second-order valence-electron chi connectivity index (χ2n) is 7.60. The first-order chi connectivity index (χ1) is 13.4. The highest BCUT2D eigenvalue weighted by Crippen LogP contribution is 2.25. The smallest absolute Gasteiger partial charge is 0.323 e. The normalized spacial score (nSPS) is 19.5. The summed E-state index contributed by atoms with van der Waals surface area (Å²) >= 11 is 0. The van der Waals surface area contributed by atoms with E-state index in [9.17, 15) is 14.7 Å². The Balaban J connectivity index is 1.82. The number of aliphatic hydroxyl groups excluding tert-OH is 1. The molecule has 2 N–H and O–H groups in total. The summed E-state index contributed by atoms with van der Waals surface area (Å²) in [6.07, 6.45) is 0.482. The van der Waals surface area contributed by atoms with Crippen molar-refractivity contribution in [2.45, 2.75) is 45.0 Å². The van der Waals surface area contributed by atoms with Crippen LogP contribution in [0.3, 0.4) is 0 Å². The summed E-state index contributed by atoms with van der Waals surface area (Å²) in [5, 5.41) is 15.9. The molecule has 1 unspecified atom stereocenters. The van der Waals surface area contributed by atoms with Gasteiger partial charge in [0.15, 0.2) is 0 Å². The zero-order valence-corrected chi connectivity index (χ0v) is 16.6. The minimum absolute atomic E-state index is 0.0205. The van der Waals surface area contributed by atoms with E-state index in [1.54, 1.807) is 11.0 Å². The van der Waals surface area contributed by atoms with Gasteiger partial charge in [-0.3, -0.25) is 14.5 Å². The first-order valence-corrected chi connectivity index (χ1v) is 9.74. The van der Waals surface area contributed by atoms with E-state index in [2.05, 4.69) is 5.32 Å². The minimum atomic E-state index is -0.967. The van der Waals surface area contributed by atoms with Crippen molar-refractivity contribution in [3.63, 3.8) is 0 Å². The fraction of sp³-hybridized carbons (Fsp3) is 0.455.